The molecule has 0 aromatic carbocycles. The molecule has 2 fully saturated rings. The molecule has 5 heterocycles. The van der Waals surface area contributed by atoms with E-state index < -0.39 is 36.1 Å². The minimum atomic E-state index is -0.958. The van der Waals surface area contributed by atoms with Gasteiger partial charge in [-0.3, -0.25) is 9.36 Å². The van der Waals surface area contributed by atoms with E-state index in [1.807, 2.05) is 0 Å². The fourth-order valence-electron chi connectivity index (χ4n) is 4.24. The molecule has 0 aliphatic carbocycles. The second kappa shape index (κ2) is 9.69. The van der Waals surface area contributed by atoms with Crippen molar-refractivity contribution in [2.75, 3.05) is 12.3 Å². The van der Waals surface area contributed by atoms with Gasteiger partial charge in [-0.25, -0.2) is 24.3 Å². The van der Waals surface area contributed by atoms with E-state index in [-0.39, 0.29) is 24.0 Å². The minimum absolute atomic E-state index is 0.133. The first-order valence-electron chi connectivity index (χ1n) is 11.3. The van der Waals surface area contributed by atoms with Crippen LogP contribution in [0.2, 0.25) is 0 Å². The molecule has 2 aliphatic heterocycles. The first-order valence-corrected chi connectivity index (χ1v) is 11.3. The molecule has 37 heavy (non-hydrogen) atoms. The highest BCUT2D eigenvalue weighted by Crippen LogP contribution is 2.43. The highest BCUT2D eigenvalue weighted by Gasteiger charge is 2.58. The van der Waals surface area contributed by atoms with Gasteiger partial charge < -0.3 is 30.5 Å². The third kappa shape index (κ3) is 4.79. The molecule has 0 radical (unpaired) electrons. The van der Waals surface area contributed by atoms with E-state index in [0.717, 1.165) is 6.21 Å². The van der Waals surface area contributed by atoms with Crippen molar-refractivity contribution in [1.82, 2.24) is 29.8 Å². The van der Waals surface area contributed by atoms with Crippen LogP contribution in [0.25, 0.3) is 11.2 Å². The number of fused-ring (bicyclic) bond motifs is 2. The molecule has 1 amide bonds. The molecule has 3 aromatic heterocycles. The summed E-state index contributed by atoms with van der Waals surface area (Å²) >= 11 is 0. The van der Waals surface area contributed by atoms with Crippen LogP contribution in [0, 0.1) is 17.7 Å². The van der Waals surface area contributed by atoms with Gasteiger partial charge in [-0.1, -0.05) is 11.1 Å². The number of halogens is 1. The lowest BCUT2D eigenvalue weighted by Crippen LogP contribution is -2.43. The summed E-state index contributed by atoms with van der Waals surface area (Å²) in [6.07, 6.45) is 1.06. The number of hydrogen-bond acceptors (Lipinski definition) is 11. The number of nitrogens with one attached hydrogen (secondary N) is 1. The summed E-state index contributed by atoms with van der Waals surface area (Å²) in [5.74, 6) is 3.92. The summed E-state index contributed by atoms with van der Waals surface area (Å²) in [5, 5.41) is 14.2. The zero-order chi connectivity index (χ0) is 26.2. The Hall–Kier alpha value is -4.19. The maximum atomic E-state index is 13.6. The van der Waals surface area contributed by atoms with Crippen molar-refractivity contribution in [3.63, 3.8) is 0 Å². The van der Waals surface area contributed by atoms with E-state index in [0.29, 0.717) is 23.3 Å². The second-order valence-corrected chi connectivity index (χ2v) is 8.75. The van der Waals surface area contributed by atoms with Crippen molar-refractivity contribution in [3.05, 3.63) is 42.0 Å². The quantitative estimate of drug-likeness (QED) is 0.146. The lowest BCUT2D eigenvalue weighted by atomic mass is 10.1. The number of rotatable bonds is 5. The number of nitrogens with two attached hydrogens (primary N) is 1. The fraction of sp³-hybridized carbons (Fsp3) is 0.391. The first kappa shape index (κ1) is 24.5. The number of carbonyl (C=O) groups is 1. The van der Waals surface area contributed by atoms with Crippen LogP contribution in [0.5, 0.6) is 0 Å². The SMILES string of the molecule is CC1(C)O[C@@H]2[C@H](O1)[C@@H](C(=O)NCCC#Cc1ccc(F)c(/C=N/O)n1)O[C@H]2n1cnc2c(N)ncnc21. The number of carbonyl (C=O) groups excluding carboxylic acids is 1. The molecule has 0 bridgehead atoms. The van der Waals surface area contributed by atoms with E-state index in [4.69, 9.17) is 25.2 Å². The summed E-state index contributed by atoms with van der Waals surface area (Å²) in [7, 11) is 0. The minimum Gasteiger partial charge on any atom is -0.411 e. The van der Waals surface area contributed by atoms with Crippen LogP contribution in [-0.2, 0) is 19.0 Å². The van der Waals surface area contributed by atoms with Gasteiger partial charge in [0, 0.05) is 13.0 Å². The molecule has 0 spiro atoms. The molecule has 5 rings (SSSR count). The molecule has 2 aliphatic rings. The molecular weight excluding hydrogens is 487 g/mol. The highest BCUT2D eigenvalue weighted by molar-refractivity contribution is 5.83. The average molecular weight is 510 g/mol. The van der Waals surface area contributed by atoms with E-state index in [1.165, 1.54) is 24.8 Å². The van der Waals surface area contributed by atoms with Crippen molar-refractivity contribution in [1.29, 1.82) is 0 Å². The standard InChI is InChI=1S/C23H23FN8O5/c1-23(2)36-16-17(21(33)26-8-4-3-5-12-6-7-13(24)14(31-12)9-30-34)35-22(18(16)37-23)32-11-29-15-19(25)27-10-28-20(15)32/h6-7,9-11,16-18,22,34H,4,8H2,1-2H3,(H,26,33)(H2,25,27,28)/b30-9+/t16-,17+,18-,22-/m1/s1. The largest absolute Gasteiger partial charge is 0.411 e. The topological polar surface area (TPSA) is 172 Å². The van der Waals surface area contributed by atoms with Gasteiger partial charge in [-0.15, -0.1) is 0 Å². The number of amides is 1. The van der Waals surface area contributed by atoms with Gasteiger partial charge in [0.15, 0.2) is 35.4 Å². The van der Waals surface area contributed by atoms with Gasteiger partial charge in [0.1, 0.15) is 35.4 Å². The van der Waals surface area contributed by atoms with Gasteiger partial charge >= 0.3 is 0 Å². The van der Waals surface area contributed by atoms with E-state index in [1.54, 1.807) is 18.4 Å². The molecule has 4 N–H and O–H groups in total. The third-order valence-electron chi connectivity index (χ3n) is 5.77. The number of imidazole rings is 1. The van der Waals surface area contributed by atoms with Crippen LogP contribution in [-0.4, -0.2) is 72.5 Å². The average Bonchev–Trinajstić information content (AvgIpc) is 3.52. The van der Waals surface area contributed by atoms with Crippen molar-refractivity contribution in [2.45, 2.75) is 50.6 Å². The monoisotopic (exact) mass is 510 g/mol. The maximum Gasteiger partial charge on any atom is 0.252 e. The zero-order valence-electron chi connectivity index (χ0n) is 19.8. The normalized spacial score (nSPS) is 24.2. The Kier molecular flexibility index (Phi) is 6.42. The smallest absolute Gasteiger partial charge is 0.252 e. The number of hydrogen-bond donors (Lipinski definition) is 3. The Balaban J connectivity index is 1.26. The van der Waals surface area contributed by atoms with Crippen molar-refractivity contribution < 1.29 is 28.6 Å². The van der Waals surface area contributed by atoms with Gasteiger partial charge in [0.25, 0.3) is 5.91 Å². The molecule has 192 valence electrons. The predicted octanol–water partition coefficient (Wildman–Crippen LogP) is 0.726. The van der Waals surface area contributed by atoms with E-state index in [9.17, 15) is 9.18 Å². The summed E-state index contributed by atoms with van der Waals surface area (Å²) in [4.78, 5) is 29.5. The molecule has 3 aromatic rings. The van der Waals surface area contributed by atoms with Gasteiger partial charge in [0.2, 0.25) is 0 Å². The van der Waals surface area contributed by atoms with Gasteiger partial charge in [-0.2, -0.15) is 0 Å². The molecular formula is C23H23FN8O5. The van der Waals surface area contributed by atoms with Crippen LogP contribution < -0.4 is 11.1 Å². The summed E-state index contributed by atoms with van der Waals surface area (Å²) in [6.45, 7) is 3.75. The number of ether oxygens (including phenoxy) is 3. The van der Waals surface area contributed by atoms with Crippen LogP contribution in [0.3, 0.4) is 0 Å². The van der Waals surface area contributed by atoms with E-state index in [2.05, 4.69) is 42.2 Å². The van der Waals surface area contributed by atoms with Gasteiger partial charge in [0.05, 0.1) is 12.5 Å². The van der Waals surface area contributed by atoms with Crippen molar-refractivity contribution in [3.8, 4) is 11.8 Å². The lowest BCUT2D eigenvalue weighted by Gasteiger charge is -2.24. The summed E-state index contributed by atoms with van der Waals surface area (Å²) in [6, 6.07) is 2.58. The van der Waals surface area contributed by atoms with Crippen LogP contribution in [0.1, 0.15) is 37.9 Å². The Bertz CT molecular complexity index is 1430. The molecule has 13 nitrogen and oxygen atoms in total. The molecule has 2 saturated heterocycles. The van der Waals surface area contributed by atoms with E-state index >= 15 is 0 Å². The second-order valence-electron chi connectivity index (χ2n) is 8.75. The van der Waals surface area contributed by atoms with Crippen LogP contribution in [0.15, 0.2) is 29.9 Å². The number of nitrogens with zero attached hydrogens (tertiary/aromatic N) is 6. The Morgan fingerprint density at radius 1 is 1.32 bits per heavy atom. The highest BCUT2D eigenvalue weighted by atomic mass is 19.1. The fourth-order valence-corrected chi connectivity index (χ4v) is 4.24. The zero-order valence-corrected chi connectivity index (χ0v) is 19.8. The predicted molar refractivity (Wildman–Crippen MR) is 126 cm³/mol. The number of nitrogen functional groups attached to an aromatic ring is 1. The van der Waals surface area contributed by atoms with Crippen molar-refractivity contribution >= 4 is 29.1 Å². The molecule has 14 heteroatoms. The number of oxime groups is 1. The Labute approximate surface area is 209 Å². The Morgan fingerprint density at radius 2 is 2.14 bits per heavy atom. The Morgan fingerprint density at radius 3 is 2.95 bits per heavy atom. The summed E-state index contributed by atoms with van der Waals surface area (Å²) in [5.41, 5.74) is 6.93. The van der Waals surface area contributed by atoms with Crippen LogP contribution in [0.4, 0.5) is 10.2 Å². The molecule has 0 unspecified atom stereocenters. The first-order chi connectivity index (χ1) is 17.8. The summed E-state index contributed by atoms with van der Waals surface area (Å²) < 4.78 is 33.4. The van der Waals surface area contributed by atoms with Crippen LogP contribution >= 0.6 is 0 Å². The maximum absolute atomic E-state index is 13.6. The number of anilines is 1. The van der Waals surface area contributed by atoms with Gasteiger partial charge in [-0.05, 0) is 31.9 Å². The lowest BCUT2D eigenvalue weighted by molar-refractivity contribution is -0.197. The number of pyridine rings is 1. The molecule has 0 saturated carbocycles. The number of aromatic nitrogens is 5. The molecule has 4 atom stereocenters. The third-order valence-corrected chi connectivity index (χ3v) is 5.77. The van der Waals surface area contributed by atoms with Crippen molar-refractivity contribution in [2.24, 2.45) is 5.16 Å².